The van der Waals surface area contributed by atoms with Gasteiger partial charge in [0.05, 0.1) is 19.1 Å². The van der Waals surface area contributed by atoms with Crippen LogP contribution in [0.1, 0.15) is 54.8 Å². The number of likely N-dealkylation sites (tertiary alicyclic amines) is 1. The van der Waals surface area contributed by atoms with E-state index in [1.165, 1.54) is 16.8 Å². The molecule has 35 heavy (non-hydrogen) atoms. The summed E-state index contributed by atoms with van der Waals surface area (Å²) >= 11 is 0. The summed E-state index contributed by atoms with van der Waals surface area (Å²) in [6, 6.07) is 16.8. The Balaban J connectivity index is 1.20. The minimum Gasteiger partial charge on any atom is -0.466 e. The fourth-order valence-corrected chi connectivity index (χ4v) is 5.69. The van der Waals surface area contributed by atoms with Gasteiger partial charge in [0.15, 0.2) is 0 Å². The second-order valence-electron chi connectivity index (χ2n) is 9.67. The van der Waals surface area contributed by atoms with Gasteiger partial charge >= 0.3 is 12.1 Å². The average Bonchev–Trinajstić information content (AvgIpc) is 3.18. The molecular formula is C28H35N3O4. The van der Waals surface area contributed by atoms with Gasteiger partial charge < -0.3 is 19.3 Å². The van der Waals surface area contributed by atoms with E-state index in [4.69, 9.17) is 9.47 Å². The smallest absolute Gasteiger partial charge is 0.410 e. The monoisotopic (exact) mass is 477 g/mol. The van der Waals surface area contributed by atoms with Crippen molar-refractivity contribution in [2.24, 2.45) is 0 Å². The van der Waals surface area contributed by atoms with E-state index in [2.05, 4.69) is 28.0 Å². The highest BCUT2D eigenvalue weighted by atomic mass is 16.6. The van der Waals surface area contributed by atoms with Crippen LogP contribution in [0.15, 0.2) is 48.5 Å². The molecule has 2 atom stereocenters. The number of amides is 1. The minimum absolute atomic E-state index is 0.0952. The van der Waals surface area contributed by atoms with E-state index in [1.807, 2.05) is 42.2 Å². The van der Waals surface area contributed by atoms with Crippen LogP contribution in [0.3, 0.4) is 0 Å². The van der Waals surface area contributed by atoms with E-state index < -0.39 is 0 Å². The zero-order valence-electron chi connectivity index (χ0n) is 20.5. The van der Waals surface area contributed by atoms with Crippen LogP contribution in [0, 0.1) is 0 Å². The number of hydrogen-bond donors (Lipinski definition) is 0. The molecule has 0 unspecified atom stereocenters. The highest BCUT2D eigenvalue weighted by Gasteiger charge is 2.41. The summed E-state index contributed by atoms with van der Waals surface area (Å²) < 4.78 is 10.7. The van der Waals surface area contributed by atoms with Crippen molar-refractivity contribution in [3.8, 4) is 0 Å². The molecule has 186 valence electrons. The highest BCUT2D eigenvalue weighted by Crippen LogP contribution is 2.50. The first-order chi connectivity index (χ1) is 17.1. The fraction of sp³-hybridized carbons (Fsp3) is 0.500. The molecule has 2 bridgehead atoms. The summed E-state index contributed by atoms with van der Waals surface area (Å²) in [5, 5.41) is 0. The van der Waals surface area contributed by atoms with Crippen molar-refractivity contribution in [3.05, 3.63) is 65.2 Å². The summed E-state index contributed by atoms with van der Waals surface area (Å²) in [5.74, 6) is 0.411. The SMILES string of the molecule is CCOC(=O)CCN1CCN(c2ccc3c(c2)[C@@H]2C[C@H]3CCN2C(=O)OCc2ccccc2)CC1. The van der Waals surface area contributed by atoms with Gasteiger partial charge in [-0.3, -0.25) is 9.69 Å². The molecule has 2 fully saturated rings. The number of anilines is 1. The Morgan fingerprint density at radius 2 is 1.74 bits per heavy atom. The second-order valence-corrected chi connectivity index (χ2v) is 9.67. The molecule has 0 saturated carbocycles. The van der Waals surface area contributed by atoms with E-state index in [0.717, 1.165) is 57.7 Å². The molecule has 7 heteroatoms. The maximum atomic E-state index is 13.0. The van der Waals surface area contributed by atoms with Crippen molar-refractivity contribution < 1.29 is 19.1 Å². The van der Waals surface area contributed by atoms with E-state index in [-0.39, 0.29) is 18.1 Å². The molecule has 0 spiro atoms. The summed E-state index contributed by atoms with van der Waals surface area (Å²) in [7, 11) is 0. The number of rotatable bonds is 7. The number of piperidine rings is 1. The molecule has 0 radical (unpaired) electrons. The summed E-state index contributed by atoms with van der Waals surface area (Å²) in [6.45, 7) is 7.80. The number of fused-ring (bicyclic) bond motifs is 5. The molecule has 0 aromatic heterocycles. The fourth-order valence-electron chi connectivity index (χ4n) is 5.69. The van der Waals surface area contributed by atoms with Gasteiger partial charge in [0.2, 0.25) is 0 Å². The standard InChI is InChI=1S/C28H35N3O4/c1-2-34-27(32)11-12-29-14-16-30(17-15-29)23-8-9-24-22-10-13-31(26(18-22)25(24)19-23)28(33)35-20-21-6-4-3-5-7-21/h3-9,19,22,26H,2,10-18,20H2,1H3/t22-,26+/m1/s1. The lowest BCUT2D eigenvalue weighted by Gasteiger charge is -2.36. The molecule has 3 aliphatic rings. The minimum atomic E-state index is -0.217. The van der Waals surface area contributed by atoms with Crippen LogP contribution in [0.5, 0.6) is 0 Å². The number of hydrogen-bond acceptors (Lipinski definition) is 6. The molecular weight excluding hydrogens is 442 g/mol. The van der Waals surface area contributed by atoms with Gasteiger partial charge in [-0.25, -0.2) is 4.79 Å². The van der Waals surface area contributed by atoms with Crippen molar-refractivity contribution in [1.82, 2.24) is 9.80 Å². The van der Waals surface area contributed by atoms with E-state index in [9.17, 15) is 9.59 Å². The molecule has 2 heterocycles. The van der Waals surface area contributed by atoms with Gasteiger partial charge in [-0.05, 0) is 54.5 Å². The molecule has 1 amide bonds. The lowest BCUT2D eigenvalue weighted by Crippen LogP contribution is -2.47. The topological polar surface area (TPSA) is 62.3 Å². The van der Waals surface area contributed by atoms with Crippen LogP contribution in [0.25, 0.3) is 0 Å². The van der Waals surface area contributed by atoms with Crippen LogP contribution in [-0.2, 0) is 20.9 Å². The Kier molecular flexibility index (Phi) is 7.23. The zero-order valence-corrected chi connectivity index (χ0v) is 20.5. The largest absolute Gasteiger partial charge is 0.466 e. The maximum absolute atomic E-state index is 13.0. The summed E-state index contributed by atoms with van der Waals surface area (Å²) in [6.07, 6.45) is 2.21. The average molecular weight is 478 g/mol. The van der Waals surface area contributed by atoms with Crippen molar-refractivity contribution in [3.63, 3.8) is 0 Å². The Hall–Kier alpha value is -3.06. The predicted molar refractivity (Wildman–Crippen MR) is 134 cm³/mol. The van der Waals surface area contributed by atoms with Crippen LogP contribution < -0.4 is 4.90 Å². The molecule has 0 N–H and O–H groups in total. The summed E-state index contributed by atoms with van der Waals surface area (Å²) in [5.41, 5.74) is 4.90. The molecule has 5 rings (SSSR count). The van der Waals surface area contributed by atoms with Crippen LogP contribution in [0.2, 0.25) is 0 Å². The lowest BCUT2D eigenvalue weighted by atomic mass is 9.96. The Morgan fingerprint density at radius 1 is 0.943 bits per heavy atom. The Bertz CT molecular complexity index is 1040. The number of carbonyl (C=O) groups excluding carboxylic acids is 2. The molecule has 2 saturated heterocycles. The van der Waals surface area contributed by atoms with Crippen LogP contribution in [0.4, 0.5) is 10.5 Å². The molecule has 2 aromatic rings. The van der Waals surface area contributed by atoms with E-state index in [0.29, 0.717) is 25.6 Å². The second kappa shape index (κ2) is 10.7. The number of piperazine rings is 1. The first-order valence-electron chi connectivity index (χ1n) is 12.9. The van der Waals surface area contributed by atoms with Gasteiger partial charge in [0, 0.05) is 45.0 Å². The lowest BCUT2D eigenvalue weighted by molar-refractivity contribution is -0.143. The highest BCUT2D eigenvalue weighted by molar-refractivity contribution is 5.70. The van der Waals surface area contributed by atoms with Gasteiger partial charge in [0.25, 0.3) is 0 Å². The molecule has 2 aliphatic heterocycles. The van der Waals surface area contributed by atoms with Gasteiger partial charge in [-0.1, -0.05) is 36.4 Å². The van der Waals surface area contributed by atoms with Crippen molar-refractivity contribution in [2.45, 2.75) is 44.8 Å². The molecule has 2 aromatic carbocycles. The van der Waals surface area contributed by atoms with Gasteiger partial charge in [-0.2, -0.15) is 0 Å². The third-order valence-electron chi connectivity index (χ3n) is 7.59. The molecule has 7 nitrogen and oxygen atoms in total. The number of nitrogens with zero attached hydrogens (tertiary/aromatic N) is 3. The first kappa shape index (κ1) is 23.7. The maximum Gasteiger partial charge on any atom is 0.410 e. The number of ether oxygens (including phenoxy) is 2. The first-order valence-corrected chi connectivity index (χ1v) is 12.9. The third kappa shape index (κ3) is 5.30. The van der Waals surface area contributed by atoms with Crippen molar-refractivity contribution in [2.75, 3.05) is 50.8 Å². The third-order valence-corrected chi connectivity index (χ3v) is 7.59. The van der Waals surface area contributed by atoms with Crippen LogP contribution in [-0.4, -0.2) is 67.7 Å². The van der Waals surface area contributed by atoms with Crippen molar-refractivity contribution >= 4 is 17.7 Å². The van der Waals surface area contributed by atoms with E-state index >= 15 is 0 Å². The zero-order chi connectivity index (χ0) is 24.2. The van der Waals surface area contributed by atoms with Gasteiger partial charge in [-0.15, -0.1) is 0 Å². The van der Waals surface area contributed by atoms with Crippen molar-refractivity contribution in [1.29, 1.82) is 0 Å². The number of esters is 1. The summed E-state index contributed by atoms with van der Waals surface area (Å²) in [4.78, 5) is 31.3. The quantitative estimate of drug-likeness (QED) is 0.553. The normalized spacial score (nSPS) is 21.5. The number of carbonyl (C=O) groups is 2. The van der Waals surface area contributed by atoms with E-state index in [1.54, 1.807) is 0 Å². The number of benzene rings is 2. The molecule has 1 aliphatic carbocycles. The Morgan fingerprint density at radius 3 is 2.51 bits per heavy atom. The predicted octanol–water partition coefficient (Wildman–Crippen LogP) is 4.33. The van der Waals surface area contributed by atoms with Crippen LogP contribution >= 0.6 is 0 Å². The Labute approximate surface area is 207 Å². The van der Waals surface area contributed by atoms with Gasteiger partial charge in [0.1, 0.15) is 6.61 Å².